The van der Waals surface area contributed by atoms with Gasteiger partial charge in [0, 0.05) is 12.5 Å². The van der Waals surface area contributed by atoms with E-state index in [0.29, 0.717) is 5.57 Å². The zero-order valence-electron chi connectivity index (χ0n) is 10.1. The maximum absolute atomic E-state index is 10.5. The predicted molar refractivity (Wildman–Crippen MR) is 59.4 cm³/mol. The van der Waals surface area contributed by atoms with Crippen LogP contribution in [0.4, 0.5) is 0 Å². The van der Waals surface area contributed by atoms with Gasteiger partial charge in [0.1, 0.15) is 12.7 Å². The van der Waals surface area contributed by atoms with E-state index in [1.807, 2.05) is 26.8 Å². The Labute approximate surface area is 91.4 Å². The monoisotopic (exact) mass is 212 g/mol. The molecule has 0 rings (SSSR count). The number of aliphatic hydroxyl groups excluding tert-OH is 1. The van der Waals surface area contributed by atoms with Gasteiger partial charge in [-0.05, 0) is 18.4 Å². The van der Waals surface area contributed by atoms with Crippen molar-refractivity contribution in [1.29, 1.82) is 0 Å². The van der Waals surface area contributed by atoms with Crippen LogP contribution in [0, 0.1) is 5.41 Å². The van der Waals surface area contributed by atoms with Gasteiger partial charge in [0.05, 0.1) is 0 Å². The van der Waals surface area contributed by atoms with Gasteiger partial charge in [-0.2, -0.15) is 0 Å². The smallest absolute Gasteiger partial charge is 0.302 e. The predicted octanol–water partition coefficient (Wildman–Crippen LogP) is 2.06. The summed E-state index contributed by atoms with van der Waals surface area (Å²) >= 11 is 0. The fourth-order valence-corrected chi connectivity index (χ4v) is 0.748. The third-order valence-electron chi connectivity index (χ3n) is 1.68. The zero-order chi connectivity index (χ0) is 12.1. The van der Waals surface area contributed by atoms with Gasteiger partial charge in [-0.15, -0.1) is 5.73 Å². The summed E-state index contributed by atoms with van der Waals surface area (Å²) in [5.41, 5.74) is 3.70. The van der Waals surface area contributed by atoms with Crippen molar-refractivity contribution in [1.82, 2.24) is 0 Å². The molecule has 15 heavy (non-hydrogen) atoms. The number of esters is 1. The molecule has 86 valence electrons. The van der Waals surface area contributed by atoms with Crippen molar-refractivity contribution in [3.05, 3.63) is 17.4 Å². The lowest BCUT2D eigenvalue weighted by molar-refractivity contribution is -0.143. The van der Waals surface area contributed by atoms with E-state index < -0.39 is 6.10 Å². The van der Waals surface area contributed by atoms with E-state index in [9.17, 15) is 9.90 Å². The van der Waals surface area contributed by atoms with Crippen LogP contribution in [0.5, 0.6) is 0 Å². The molecule has 0 aromatic carbocycles. The van der Waals surface area contributed by atoms with Crippen LogP contribution >= 0.6 is 0 Å². The Hall–Kier alpha value is -1.05. The molecule has 0 aliphatic carbocycles. The molecule has 0 spiro atoms. The Morgan fingerprint density at radius 1 is 1.47 bits per heavy atom. The van der Waals surface area contributed by atoms with Gasteiger partial charge in [-0.1, -0.05) is 20.8 Å². The molecule has 1 unspecified atom stereocenters. The Morgan fingerprint density at radius 3 is 2.40 bits per heavy atom. The molecule has 0 radical (unpaired) electrons. The van der Waals surface area contributed by atoms with Gasteiger partial charge >= 0.3 is 5.97 Å². The van der Waals surface area contributed by atoms with Crippen LogP contribution in [0.3, 0.4) is 0 Å². The normalized spacial score (nSPS) is 12.7. The van der Waals surface area contributed by atoms with Gasteiger partial charge in [-0.25, -0.2) is 0 Å². The highest BCUT2D eigenvalue weighted by Crippen LogP contribution is 2.14. The minimum Gasteiger partial charge on any atom is -0.463 e. The first-order chi connectivity index (χ1) is 6.72. The molecule has 0 bridgehead atoms. The van der Waals surface area contributed by atoms with Gasteiger partial charge in [0.15, 0.2) is 0 Å². The second-order valence-electron chi connectivity index (χ2n) is 4.66. The Bertz CT molecular complexity index is 278. The van der Waals surface area contributed by atoms with Crippen molar-refractivity contribution < 1.29 is 14.6 Å². The van der Waals surface area contributed by atoms with E-state index in [2.05, 4.69) is 5.73 Å². The summed E-state index contributed by atoms with van der Waals surface area (Å²) in [5.74, 6) is -0.387. The average molecular weight is 212 g/mol. The van der Waals surface area contributed by atoms with Gasteiger partial charge < -0.3 is 9.84 Å². The topological polar surface area (TPSA) is 46.5 Å². The molecule has 1 atom stereocenters. The number of carbonyl (C=O) groups excluding carboxylic acids is 1. The first-order valence-electron chi connectivity index (χ1n) is 4.98. The number of ether oxygens (including phenoxy) is 1. The molecule has 0 aromatic rings. The maximum Gasteiger partial charge on any atom is 0.302 e. The average Bonchev–Trinajstić information content (AvgIpc) is 2.08. The summed E-state index contributed by atoms with van der Waals surface area (Å²) in [6, 6.07) is 0. The van der Waals surface area contributed by atoms with Crippen LogP contribution in [-0.4, -0.2) is 23.8 Å². The third kappa shape index (κ3) is 7.98. The molecule has 0 aliphatic heterocycles. The molecular formula is C12H20O3. The van der Waals surface area contributed by atoms with E-state index in [0.717, 1.165) is 0 Å². The summed E-state index contributed by atoms with van der Waals surface area (Å²) in [6.45, 7) is 9.21. The molecule has 0 aliphatic rings. The Morgan fingerprint density at radius 2 is 2.00 bits per heavy atom. The Balaban J connectivity index is 4.37. The maximum atomic E-state index is 10.5. The highest BCUT2D eigenvalue weighted by atomic mass is 16.5. The van der Waals surface area contributed by atoms with Crippen molar-refractivity contribution in [2.45, 2.75) is 40.7 Å². The summed E-state index contributed by atoms with van der Waals surface area (Å²) in [5, 5.41) is 9.57. The quantitative estimate of drug-likeness (QED) is 0.575. The van der Waals surface area contributed by atoms with Crippen molar-refractivity contribution >= 4 is 5.97 Å². The summed E-state index contributed by atoms with van der Waals surface area (Å²) in [4.78, 5) is 10.5. The second-order valence-corrected chi connectivity index (χ2v) is 4.66. The first kappa shape index (κ1) is 13.9. The summed E-state index contributed by atoms with van der Waals surface area (Å²) in [6.07, 6.45) is 1.12. The minimum atomic E-state index is -0.771. The summed E-state index contributed by atoms with van der Waals surface area (Å²) < 4.78 is 4.69. The second kappa shape index (κ2) is 5.74. The lowest BCUT2D eigenvalue weighted by atomic mass is 9.96. The number of aliphatic hydroxyl groups is 1. The first-order valence-corrected chi connectivity index (χ1v) is 4.98. The standard InChI is InChI=1S/C12H20O3/c1-9(6-7-12(3,4)5)11(14)8-15-10(2)13/h7,11,14H,8H2,1-5H3. The van der Waals surface area contributed by atoms with Crippen molar-refractivity contribution in [3.63, 3.8) is 0 Å². The van der Waals surface area contributed by atoms with E-state index in [1.54, 1.807) is 6.92 Å². The van der Waals surface area contributed by atoms with Gasteiger partial charge in [-0.3, -0.25) is 4.79 Å². The van der Waals surface area contributed by atoms with Crippen LogP contribution in [0.1, 0.15) is 34.6 Å². The molecule has 3 heteroatoms. The van der Waals surface area contributed by atoms with Crippen LogP contribution in [0.2, 0.25) is 0 Å². The molecule has 1 N–H and O–H groups in total. The van der Waals surface area contributed by atoms with E-state index in [1.165, 1.54) is 6.92 Å². The number of hydrogen-bond donors (Lipinski definition) is 1. The van der Waals surface area contributed by atoms with Gasteiger partial charge in [0.2, 0.25) is 0 Å². The van der Waals surface area contributed by atoms with Crippen molar-refractivity contribution in [3.8, 4) is 0 Å². The lowest BCUT2D eigenvalue weighted by Crippen LogP contribution is -2.18. The fraction of sp³-hybridized carbons (Fsp3) is 0.667. The minimum absolute atomic E-state index is 0.00779. The highest BCUT2D eigenvalue weighted by Gasteiger charge is 2.08. The van der Waals surface area contributed by atoms with Crippen LogP contribution < -0.4 is 0 Å². The molecule has 0 amide bonds. The van der Waals surface area contributed by atoms with E-state index in [4.69, 9.17) is 4.74 Å². The fourth-order valence-electron chi connectivity index (χ4n) is 0.748. The summed E-state index contributed by atoms with van der Waals surface area (Å²) in [7, 11) is 0. The molecule has 0 saturated carbocycles. The van der Waals surface area contributed by atoms with Crippen molar-refractivity contribution in [2.24, 2.45) is 5.41 Å². The largest absolute Gasteiger partial charge is 0.463 e. The van der Waals surface area contributed by atoms with Crippen molar-refractivity contribution in [2.75, 3.05) is 6.61 Å². The van der Waals surface area contributed by atoms with Gasteiger partial charge in [0.25, 0.3) is 0 Å². The van der Waals surface area contributed by atoms with Crippen LogP contribution in [-0.2, 0) is 9.53 Å². The SMILES string of the molecule is CC(=O)OCC(O)C(C)=C=CC(C)(C)C. The molecule has 0 fully saturated rings. The molecule has 0 heterocycles. The number of carbonyl (C=O) groups is 1. The highest BCUT2D eigenvalue weighted by molar-refractivity contribution is 5.65. The van der Waals surface area contributed by atoms with E-state index >= 15 is 0 Å². The number of rotatable bonds is 3. The molecular weight excluding hydrogens is 192 g/mol. The Kier molecular flexibility index (Phi) is 5.34. The van der Waals surface area contributed by atoms with Crippen LogP contribution in [0.25, 0.3) is 0 Å². The van der Waals surface area contributed by atoms with E-state index in [-0.39, 0.29) is 18.0 Å². The molecule has 0 aromatic heterocycles. The lowest BCUT2D eigenvalue weighted by Gasteiger charge is -2.11. The molecule has 0 saturated heterocycles. The number of hydrogen-bond acceptors (Lipinski definition) is 3. The zero-order valence-corrected chi connectivity index (χ0v) is 10.1. The van der Waals surface area contributed by atoms with Crippen LogP contribution in [0.15, 0.2) is 17.4 Å². The third-order valence-corrected chi connectivity index (χ3v) is 1.68. The molecule has 3 nitrogen and oxygen atoms in total.